The minimum absolute atomic E-state index is 0.238. The maximum absolute atomic E-state index is 12.4. The molecule has 1 aromatic rings. The molecule has 13 heavy (non-hydrogen) atoms. The summed E-state index contributed by atoms with van der Waals surface area (Å²) in [5.41, 5.74) is 5.67. The number of hydrogen-bond donors (Lipinski definition) is 1. The third-order valence-electron chi connectivity index (χ3n) is 1.61. The first-order chi connectivity index (χ1) is 6.02. The predicted octanol–water partition coefficient (Wildman–Crippen LogP) is 2.80. The molecule has 1 rings (SSSR count). The van der Waals surface area contributed by atoms with Crippen molar-refractivity contribution in [3.05, 3.63) is 28.0 Å². The van der Waals surface area contributed by atoms with E-state index in [-0.39, 0.29) is 5.69 Å². The van der Waals surface area contributed by atoms with Crippen molar-refractivity contribution in [1.29, 1.82) is 0 Å². The number of aromatic nitrogens is 1. The molecule has 2 N–H and O–H groups in total. The molecule has 0 spiro atoms. The molecule has 0 unspecified atom stereocenters. The second kappa shape index (κ2) is 4.11. The quantitative estimate of drug-likeness (QED) is 0.877. The monoisotopic (exact) mass is 250 g/mol. The number of halogens is 3. The molecule has 0 aliphatic carbocycles. The highest BCUT2D eigenvalue weighted by molar-refractivity contribution is 9.10. The smallest absolute Gasteiger partial charge is 0.280 e. The third-order valence-corrected chi connectivity index (χ3v) is 2.05. The van der Waals surface area contributed by atoms with E-state index in [0.717, 1.165) is 0 Å². The fourth-order valence-electron chi connectivity index (χ4n) is 1.01. The van der Waals surface area contributed by atoms with Crippen LogP contribution in [0.25, 0.3) is 0 Å². The summed E-state index contributed by atoms with van der Waals surface area (Å²) in [5, 5.41) is 0. The van der Waals surface area contributed by atoms with Crippen LogP contribution in [-0.2, 0) is 0 Å². The van der Waals surface area contributed by atoms with Gasteiger partial charge in [-0.15, -0.1) is 0 Å². The van der Waals surface area contributed by atoms with Crippen molar-refractivity contribution in [3.8, 4) is 0 Å². The van der Waals surface area contributed by atoms with Crippen molar-refractivity contribution in [2.75, 3.05) is 0 Å². The van der Waals surface area contributed by atoms with Gasteiger partial charge in [0, 0.05) is 16.7 Å². The normalized spacial score (nSPS) is 13.4. The van der Waals surface area contributed by atoms with Gasteiger partial charge in [-0.1, -0.05) is 0 Å². The Morgan fingerprint density at radius 3 is 2.62 bits per heavy atom. The van der Waals surface area contributed by atoms with Crippen molar-refractivity contribution < 1.29 is 8.78 Å². The van der Waals surface area contributed by atoms with Crippen LogP contribution in [0.15, 0.2) is 16.7 Å². The van der Waals surface area contributed by atoms with Gasteiger partial charge in [0.1, 0.15) is 5.69 Å². The largest absolute Gasteiger partial charge is 0.324 e. The molecule has 72 valence electrons. The van der Waals surface area contributed by atoms with Crippen LogP contribution in [-0.4, -0.2) is 4.98 Å². The summed E-state index contributed by atoms with van der Waals surface area (Å²) in [6.07, 6.45) is -1.23. The third kappa shape index (κ3) is 2.45. The van der Waals surface area contributed by atoms with Crippen molar-refractivity contribution in [1.82, 2.24) is 4.98 Å². The van der Waals surface area contributed by atoms with Crippen LogP contribution in [0.5, 0.6) is 0 Å². The molecule has 1 heterocycles. The van der Waals surface area contributed by atoms with Crippen LogP contribution in [0.4, 0.5) is 8.78 Å². The number of alkyl halides is 2. The highest BCUT2D eigenvalue weighted by Gasteiger charge is 2.16. The zero-order valence-electron chi connectivity index (χ0n) is 6.97. The lowest BCUT2D eigenvalue weighted by atomic mass is 10.1. The molecule has 1 atom stereocenters. The minimum atomic E-state index is -2.57. The van der Waals surface area contributed by atoms with E-state index in [4.69, 9.17) is 5.73 Å². The Balaban J connectivity index is 3.19. The molecule has 5 heteroatoms. The first-order valence-electron chi connectivity index (χ1n) is 3.71. The summed E-state index contributed by atoms with van der Waals surface area (Å²) in [6, 6.07) is 1.13. The van der Waals surface area contributed by atoms with Gasteiger partial charge in [-0.05, 0) is 34.5 Å². The van der Waals surface area contributed by atoms with Crippen LogP contribution >= 0.6 is 15.9 Å². The lowest BCUT2D eigenvalue weighted by Gasteiger charge is -2.10. The molecule has 0 aliphatic rings. The van der Waals surface area contributed by atoms with E-state index in [0.29, 0.717) is 10.0 Å². The summed E-state index contributed by atoms with van der Waals surface area (Å²) in [5.74, 6) is 0. The maximum Gasteiger partial charge on any atom is 0.280 e. The SMILES string of the molecule is C[C@H](N)c1cc(Br)cnc1C(F)F. The van der Waals surface area contributed by atoms with Crippen LogP contribution in [0.2, 0.25) is 0 Å². The van der Waals surface area contributed by atoms with Gasteiger partial charge in [-0.2, -0.15) is 0 Å². The van der Waals surface area contributed by atoms with Gasteiger partial charge in [0.2, 0.25) is 0 Å². The molecule has 0 saturated carbocycles. The molecular weight excluding hydrogens is 242 g/mol. The van der Waals surface area contributed by atoms with Crippen LogP contribution in [0.3, 0.4) is 0 Å². The Morgan fingerprint density at radius 1 is 1.54 bits per heavy atom. The lowest BCUT2D eigenvalue weighted by Crippen LogP contribution is -2.10. The average molecular weight is 251 g/mol. The Morgan fingerprint density at radius 2 is 2.15 bits per heavy atom. The van der Waals surface area contributed by atoms with Crippen LogP contribution in [0.1, 0.15) is 30.6 Å². The van der Waals surface area contributed by atoms with E-state index >= 15 is 0 Å². The van der Waals surface area contributed by atoms with E-state index in [1.165, 1.54) is 6.20 Å². The summed E-state index contributed by atoms with van der Waals surface area (Å²) < 4.78 is 25.4. The fourth-order valence-corrected chi connectivity index (χ4v) is 1.36. The Hall–Kier alpha value is -0.550. The van der Waals surface area contributed by atoms with Gasteiger partial charge in [-0.3, -0.25) is 4.98 Å². The van der Waals surface area contributed by atoms with Gasteiger partial charge >= 0.3 is 0 Å². The molecular formula is C8H9BrF2N2. The summed E-state index contributed by atoms with van der Waals surface area (Å²) in [6.45, 7) is 1.65. The first-order valence-corrected chi connectivity index (χ1v) is 4.50. The van der Waals surface area contributed by atoms with Gasteiger partial charge in [0.05, 0.1) is 0 Å². The molecule has 1 aromatic heterocycles. The van der Waals surface area contributed by atoms with Gasteiger partial charge < -0.3 is 5.73 Å². The lowest BCUT2D eigenvalue weighted by molar-refractivity contribution is 0.144. The van der Waals surface area contributed by atoms with E-state index in [1.807, 2.05) is 0 Å². The number of pyridine rings is 1. The number of nitrogens with zero attached hydrogens (tertiary/aromatic N) is 1. The molecule has 0 amide bonds. The number of nitrogens with two attached hydrogens (primary N) is 1. The molecule has 0 aromatic carbocycles. The molecule has 0 fully saturated rings. The Kier molecular flexibility index (Phi) is 3.33. The van der Waals surface area contributed by atoms with Crippen molar-refractivity contribution in [3.63, 3.8) is 0 Å². The van der Waals surface area contributed by atoms with E-state index in [2.05, 4.69) is 20.9 Å². The number of rotatable bonds is 2. The van der Waals surface area contributed by atoms with Gasteiger partial charge in [0.25, 0.3) is 6.43 Å². The summed E-state index contributed by atoms with van der Waals surface area (Å²) in [7, 11) is 0. The zero-order chi connectivity index (χ0) is 10.0. The molecule has 2 nitrogen and oxygen atoms in total. The van der Waals surface area contributed by atoms with Gasteiger partial charge in [0.15, 0.2) is 0 Å². The molecule has 0 bridgehead atoms. The van der Waals surface area contributed by atoms with Crippen molar-refractivity contribution >= 4 is 15.9 Å². The highest BCUT2D eigenvalue weighted by atomic mass is 79.9. The standard InChI is InChI=1S/C8H9BrF2N2/c1-4(12)6-2-5(9)3-13-7(6)8(10)11/h2-4,8H,12H2,1H3/t4-/m0/s1. The predicted molar refractivity (Wildman–Crippen MR) is 49.5 cm³/mol. The Bertz CT molecular complexity index is 302. The zero-order valence-corrected chi connectivity index (χ0v) is 8.55. The van der Waals surface area contributed by atoms with Crippen LogP contribution < -0.4 is 5.73 Å². The van der Waals surface area contributed by atoms with Crippen molar-refractivity contribution in [2.45, 2.75) is 19.4 Å². The highest BCUT2D eigenvalue weighted by Crippen LogP contribution is 2.26. The topological polar surface area (TPSA) is 38.9 Å². The van der Waals surface area contributed by atoms with E-state index in [1.54, 1.807) is 13.0 Å². The summed E-state index contributed by atoms with van der Waals surface area (Å²) in [4.78, 5) is 3.62. The maximum atomic E-state index is 12.4. The number of hydrogen-bond acceptors (Lipinski definition) is 2. The Labute approximate surface area is 83.3 Å². The second-order valence-corrected chi connectivity index (χ2v) is 3.63. The van der Waals surface area contributed by atoms with E-state index in [9.17, 15) is 8.78 Å². The first kappa shape index (κ1) is 10.5. The fraction of sp³-hybridized carbons (Fsp3) is 0.375. The van der Waals surface area contributed by atoms with E-state index < -0.39 is 12.5 Å². The molecule has 0 radical (unpaired) electrons. The summed E-state index contributed by atoms with van der Waals surface area (Å²) >= 11 is 3.15. The minimum Gasteiger partial charge on any atom is -0.324 e. The second-order valence-electron chi connectivity index (χ2n) is 2.72. The van der Waals surface area contributed by atoms with Gasteiger partial charge in [-0.25, -0.2) is 8.78 Å². The van der Waals surface area contributed by atoms with Crippen LogP contribution in [0, 0.1) is 0 Å². The molecule has 0 saturated heterocycles. The van der Waals surface area contributed by atoms with Crippen molar-refractivity contribution in [2.24, 2.45) is 5.73 Å². The average Bonchev–Trinajstić information content (AvgIpc) is 2.03. The molecule has 0 aliphatic heterocycles.